The summed E-state index contributed by atoms with van der Waals surface area (Å²) in [4.78, 5) is 29.0. The molecule has 0 fully saturated rings. The molecule has 8 heteroatoms. The molecule has 3 aromatic rings. The van der Waals surface area contributed by atoms with E-state index in [1.807, 2.05) is 31.2 Å². The van der Waals surface area contributed by atoms with Gasteiger partial charge >= 0.3 is 0 Å². The van der Waals surface area contributed by atoms with Crippen LogP contribution in [0, 0.1) is 6.92 Å². The summed E-state index contributed by atoms with van der Waals surface area (Å²) in [5.74, 6) is -0.345. The Bertz CT molecular complexity index is 996. The van der Waals surface area contributed by atoms with Crippen LogP contribution in [0.25, 0.3) is 10.6 Å². The molecule has 0 unspecified atom stereocenters. The van der Waals surface area contributed by atoms with Crippen LogP contribution in [0.15, 0.2) is 41.2 Å². The summed E-state index contributed by atoms with van der Waals surface area (Å²) in [5, 5.41) is 8.19. The maximum absolute atomic E-state index is 12.2. The normalized spacial score (nSPS) is 10.7. The van der Waals surface area contributed by atoms with Crippen molar-refractivity contribution in [3.63, 3.8) is 0 Å². The molecule has 1 amide bonds. The van der Waals surface area contributed by atoms with Gasteiger partial charge in [-0.25, -0.2) is 9.67 Å². The minimum atomic E-state index is -0.345. The molecule has 2 aromatic heterocycles. The molecule has 128 valence electrons. The van der Waals surface area contributed by atoms with Crippen LogP contribution in [0.3, 0.4) is 0 Å². The third-order valence-corrected chi connectivity index (χ3v) is 5.12. The topological polar surface area (TPSA) is 76.9 Å². The zero-order valence-corrected chi connectivity index (χ0v) is 15.2. The van der Waals surface area contributed by atoms with E-state index in [0.717, 1.165) is 25.8 Å². The van der Waals surface area contributed by atoms with Crippen molar-refractivity contribution in [1.29, 1.82) is 0 Å². The van der Waals surface area contributed by atoms with Crippen molar-refractivity contribution in [3.05, 3.63) is 68.0 Å². The highest BCUT2D eigenvalue weighted by Crippen LogP contribution is 2.32. The Morgan fingerprint density at radius 2 is 2.04 bits per heavy atom. The van der Waals surface area contributed by atoms with Gasteiger partial charge in [0.2, 0.25) is 0 Å². The Hall–Kier alpha value is -2.51. The molecule has 3 rings (SSSR count). The number of carbonyl (C=O) groups is 1. The van der Waals surface area contributed by atoms with Gasteiger partial charge in [-0.15, -0.1) is 11.3 Å². The van der Waals surface area contributed by atoms with Crippen molar-refractivity contribution in [2.75, 3.05) is 0 Å². The molecule has 1 aromatic carbocycles. The molecule has 0 aliphatic heterocycles. The Morgan fingerprint density at radius 3 is 2.76 bits per heavy atom. The van der Waals surface area contributed by atoms with Gasteiger partial charge in [0, 0.05) is 23.6 Å². The number of nitrogens with zero attached hydrogens (tertiary/aromatic N) is 3. The summed E-state index contributed by atoms with van der Waals surface area (Å²) in [6, 6.07) is 10.2. The highest BCUT2D eigenvalue weighted by Gasteiger charge is 2.14. The van der Waals surface area contributed by atoms with E-state index in [0.29, 0.717) is 11.6 Å². The number of benzene rings is 1. The lowest BCUT2D eigenvalue weighted by Gasteiger charge is -2.04. The van der Waals surface area contributed by atoms with E-state index in [2.05, 4.69) is 15.4 Å². The van der Waals surface area contributed by atoms with Gasteiger partial charge in [-0.2, -0.15) is 5.10 Å². The van der Waals surface area contributed by atoms with Crippen molar-refractivity contribution >= 4 is 28.8 Å². The molecule has 0 spiro atoms. The first kappa shape index (κ1) is 17.3. The van der Waals surface area contributed by atoms with E-state index in [4.69, 9.17) is 11.6 Å². The number of aryl methyl sites for hydroxylation is 2. The van der Waals surface area contributed by atoms with Gasteiger partial charge in [0.25, 0.3) is 11.5 Å². The summed E-state index contributed by atoms with van der Waals surface area (Å²) in [7, 11) is 1.50. The summed E-state index contributed by atoms with van der Waals surface area (Å²) in [6.45, 7) is 2.22. The van der Waals surface area contributed by atoms with Crippen LogP contribution in [0.4, 0.5) is 0 Å². The molecule has 6 nitrogen and oxygen atoms in total. The van der Waals surface area contributed by atoms with E-state index in [9.17, 15) is 9.59 Å². The number of rotatable bonds is 4. The Kier molecular flexibility index (Phi) is 4.96. The van der Waals surface area contributed by atoms with E-state index >= 15 is 0 Å². The van der Waals surface area contributed by atoms with Crippen LogP contribution in [-0.4, -0.2) is 20.7 Å². The molecule has 1 N–H and O–H groups in total. The largest absolute Gasteiger partial charge is 0.346 e. The first-order chi connectivity index (χ1) is 12.0. The first-order valence-corrected chi connectivity index (χ1v) is 8.69. The summed E-state index contributed by atoms with van der Waals surface area (Å²) in [6.07, 6.45) is 0. The van der Waals surface area contributed by atoms with Gasteiger partial charge < -0.3 is 5.32 Å². The van der Waals surface area contributed by atoms with Crippen LogP contribution < -0.4 is 10.9 Å². The smallest absolute Gasteiger partial charge is 0.272 e. The average molecular weight is 375 g/mol. The number of amides is 1. The van der Waals surface area contributed by atoms with E-state index < -0.39 is 0 Å². The summed E-state index contributed by atoms with van der Waals surface area (Å²) >= 11 is 7.70. The van der Waals surface area contributed by atoms with Gasteiger partial charge in [0.05, 0.1) is 17.3 Å². The summed E-state index contributed by atoms with van der Waals surface area (Å²) < 4.78 is 1.13. The standard InChI is InChI=1S/C17H15ClN4O2S/c1-10-14(25-17(20-10)11-5-3-4-6-12(11)18)9-19-16(24)13-7-8-15(23)22(2)21-13/h3-8H,9H2,1-2H3,(H,19,24). The van der Waals surface area contributed by atoms with E-state index in [1.54, 1.807) is 0 Å². The third kappa shape index (κ3) is 3.78. The average Bonchev–Trinajstić information content (AvgIpc) is 2.96. The second-order valence-electron chi connectivity index (χ2n) is 5.37. The Morgan fingerprint density at radius 1 is 1.28 bits per heavy atom. The molecule has 0 aliphatic carbocycles. The second kappa shape index (κ2) is 7.16. The minimum absolute atomic E-state index is 0.190. The number of aromatic nitrogens is 3. The van der Waals surface area contributed by atoms with Crippen molar-refractivity contribution in [1.82, 2.24) is 20.1 Å². The maximum Gasteiger partial charge on any atom is 0.272 e. The molecule has 0 atom stereocenters. The fraction of sp³-hybridized carbons (Fsp3) is 0.176. The van der Waals surface area contributed by atoms with Crippen LogP contribution in [-0.2, 0) is 13.6 Å². The number of halogens is 1. The highest BCUT2D eigenvalue weighted by atomic mass is 35.5. The monoisotopic (exact) mass is 374 g/mol. The van der Waals surface area contributed by atoms with Crippen LogP contribution in [0.1, 0.15) is 21.1 Å². The molecule has 25 heavy (non-hydrogen) atoms. The van der Waals surface area contributed by atoms with Crippen LogP contribution in [0.2, 0.25) is 5.02 Å². The quantitative estimate of drug-likeness (QED) is 0.761. The molecular weight excluding hydrogens is 360 g/mol. The molecule has 2 heterocycles. The number of carbonyl (C=O) groups excluding carboxylic acids is 1. The molecule has 0 bridgehead atoms. The highest BCUT2D eigenvalue weighted by molar-refractivity contribution is 7.15. The van der Waals surface area contributed by atoms with E-state index in [-0.39, 0.29) is 17.2 Å². The van der Waals surface area contributed by atoms with Gasteiger partial charge in [-0.3, -0.25) is 9.59 Å². The van der Waals surface area contributed by atoms with Gasteiger partial charge in [0.1, 0.15) is 10.7 Å². The maximum atomic E-state index is 12.2. The third-order valence-electron chi connectivity index (χ3n) is 3.60. The molecule has 0 radical (unpaired) electrons. The van der Waals surface area contributed by atoms with Gasteiger partial charge in [0.15, 0.2) is 0 Å². The lowest BCUT2D eigenvalue weighted by atomic mass is 10.2. The zero-order chi connectivity index (χ0) is 18.0. The van der Waals surface area contributed by atoms with Crippen molar-refractivity contribution in [2.24, 2.45) is 7.05 Å². The molecule has 0 saturated heterocycles. The number of hydrogen-bond donors (Lipinski definition) is 1. The minimum Gasteiger partial charge on any atom is -0.346 e. The number of nitrogens with one attached hydrogen (secondary N) is 1. The van der Waals surface area contributed by atoms with E-state index in [1.165, 1.54) is 30.5 Å². The Balaban J connectivity index is 1.75. The molecule has 0 saturated carbocycles. The predicted molar refractivity (Wildman–Crippen MR) is 97.9 cm³/mol. The lowest BCUT2D eigenvalue weighted by Crippen LogP contribution is -2.28. The summed E-state index contributed by atoms with van der Waals surface area (Å²) in [5.41, 5.74) is 1.64. The number of thiazole rings is 1. The number of hydrogen-bond acceptors (Lipinski definition) is 5. The second-order valence-corrected chi connectivity index (χ2v) is 6.86. The molecule has 0 aliphatic rings. The fourth-order valence-corrected chi connectivity index (χ4v) is 3.54. The van der Waals surface area contributed by atoms with Gasteiger partial charge in [-0.1, -0.05) is 29.8 Å². The fourth-order valence-electron chi connectivity index (χ4n) is 2.22. The first-order valence-electron chi connectivity index (χ1n) is 7.49. The van der Waals surface area contributed by atoms with Crippen molar-refractivity contribution in [2.45, 2.75) is 13.5 Å². The molecular formula is C17H15ClN4O2S. The Labute approximate surface area is 153 Å². The van der Waals surface area contributed by atoms with Crippen molar-refractivity contribution in [3.8, 4) is 10.6 Å². The van der Waals surface area contributed by atoms with Crippen LogP contribution in [0.5, 0.6) is 0 Å². The lowest BCUT2D eigenvalue weighted by molar-refractivity contribution is 0.0944. The van der Waals surface area contributed by atoms with Crippen molar-refractivity contribution < 1.29 is 4.79 Å². The van der Waals surface area contributed by atoms with Gasteiger partial charge in [-0.05, 0) is 19.1 Å². The van der Waals surface area contributed by atoms with Crippen LogP contribution >= 0.6 is 22.9 Å². The predicted octanol–water partition coefficient (Wildman–Crippen LogP) is 2.80. The zero-order valence-electron chi connectivity index (χ0n) is 13.6. The SMILES string of the molecule is Cc1nc(-c2ccccc2Cl)sc1CNC(=O)c1ccc(=O)n(C)n1.